The van der Waals surface area contributed by atoms with Crippen molar-refractivity contribution in [3.8, 4) is 0 Å². The van der Waals surface area contributed by atoms with Crippen LogP contribution < -0.4 is 5.73 Å². The van der Waals surface area contributed by atoms with Gasteiger partial charge in [0.2, 0.25) is 0 Å². The molecule has 0 saturated carbocycles. The van der Waals surface area contributed by atoms with Crippen LogP contribution in [0.15, 0.2) is 97.2 Å². The molecule has 0 rings (SSSR count). The average Bonchev–Trinajstić information content (AvgIpc) is 3.26. The molecule has 11 heteroatoms. The number of hydrogen-bond acceptors (Lipinski definition) is 8. The summed E-state index contributed by atoms with van der Waals surface area (Å²) in [4.78, 5) is 33.6. The van der Waals surface area contributed by atoms with E-state index in [-0.39, 0.29) is 13.0 Å². The normalized spacial score (nSPS) is 14.6. The van der Waals surface area contributed by atoms with Gasteiger partial charge in [-0.15, -0.1) is 0 Å². The number of unbranched alkanes of at least 4 members (excludes halogenated alkanes) is 15. The number of phosphoric acid groups is 1. The molecule has 0 heterocycles. The maximum Gasteiger partial charge on any atom is 0.472 e. The molecule has 3 atom stereocenters. The number of carboxylic acids is 1. The molecule has 4 N–H and O–H groups in total. The van der Waals surface area contributed by atoms with Gasteiger partial charge in [-0.25, -0.2) is 4.57 Å². The first kappa shape index (κ1) is 59.9. The van der Waals surface area contributed by atoms with E-state index >= 15 is 0 Å². The van der Waals surface area contributed by atoms with Gasteiger partial charge in [0.25, 0.3) is 0 Å². The molecule has 10 nitrogen and oxygen atoms in total. The standard InChI is InChI=1S/C52H88NO9P/c1-3-5-7-9-11-13-15-17-19-21-23-24-25-27-29-31-33-35-37-39-41-43-45-59-46-49(47-60-63(57,58)61-48-50(53)52(55)56)62-51(54)44-42-40-38-36-34-32-30-28-26-22-20-18-16-14-12-10-8-6-4-2/h6,8,12,14-15,17-18,20-21,23,26,28,32,34,38,40,49-50H,3-5,7,9-11,13,16,19,22,24-25,27,29-31,33,35-37,39,41-48,53H2,1-2H3,(H,55,56)(H,57,58)/b8-6-,14-12-,17-15-,20-18-,23-21-,28-26-,34-32-,40-38-. The van der Waals surface area contributed by atoms with E-state index in [1.54, 1.807) is 0 Å². The van der Waals surface area contributed by atoms with Crippen molar-refractivity contribution in [3.63, 3.8) is 0 Å². The highest BCUT2D eigenvalue weighted by Crippen LogP contribution is 2.43. The van der Waals surface area contributed by atoms with Crippen LogP contribution in [-0.2, 0) is 32.7 Å². The molecule has 0 radical (unpaired) electrons. The summed E-state index contributed by atoms with van der Waals surface area (Å²) < 4.78 is 33.4. The molecule has 63 heavy (non-hydrogen) atoms. The monoisotopic (exact) mass is 902 g/mol. The quantitative estimate of drug-likeness (QED) is 0.0233. The molecule has 0 aromatic carbocycles. The van der Waals surface area contributed by atoms with Crippen molar-refractivity contribution in [2.24, 2.45) is 5.73 Å². The average molecular weight is 902 g/mol. The highest BCUT2D eigenvalue weighted by Gasteiger charge is 2.27. The summed E-state index contributed by atoms with van der Waals surface area (Å²) >= 11 is 0. The topological polar surface area (TPSA) is 155 Å². The fraction of sp³-hybridized carbons (Fsp3) is 0.654. The van der Waals surface area contributed by atoms with Gasteiger partial charge in [0, 0.05) is 13.0 Å². The number of carbonyl (C=O) groups excluding carboxylic acids is 1. The molecular weight excluding hydrogens is 814 g/mol. The van der Waals surface area contributed by atoms with Crippen molar-refractivity contribution in [1.82, 2.24) is 0 Å². The predicted molar refractivity (Wildman–Crippen MR) is 263 cm³/mol. The molecule has 0 aliphatic rings. The Balaban J connectivity index is 4.30. The van der Waals surface area contributed by atoms with Gasteiger partial charge in [-0.1, -0.05) is 188 Å². The van der Waals surface area contributed by atoms with Crippen LogP contribution in [-0.4, -0.2) is 60.5 Å². The molecule has 0 aromatic rings. The molecule has 0 aliphatic carbocycles. The summed E-state index contributed by atoms with van der Waals surface area (Å²) in [6.07, 6.45) is 61.9. The number of nitrogens with two attached hydrogens (primary N) is 1. The van der Waals surface area contributed by atoms with E-state index in [1.807, 2.05) is 12.2 Å². The molecule has 0 saturated heterocycles. The van der Waals surface area contributed by atoms with Gasteiger partial charge in [0.05, 0.1) is 19.8 Å². The van der Waals surface area contributed by atoms with Crippen molar-refractivity contribution in [1.29, 1.82) is 0 Å². The number of phosphoric ester groups is 1. The molecule has 0 bridgehead atoms. The Hall–Kier alpha value is -3.11. The Morgan fingerprint density at radius 3 is 1.38 bits per heavy atom. The Bertz CT molecular complexity index is 1370. The zero-order valence-corrected chi connectivity index (χ0v) is 40.3. The number of rotatable bonds is 45. The number of aliphatic carboxylic acids is 1. The van der Waals surface area contributed by atoms with Gasteiger partial charge in [-0.3, -0.25) is 18.6 Å². The zero-order chi connectivity index (χ0) is 46.2. The summed E-state index contributed by atoms with van der Waals surface area (Å²) in [7, 11) is -4.65. The molecular formula is C52H88NO9P. The Kier molecular flexibility index (Phi) is 44.6. The van der Waals surface area contributed by atoms with E-state index in [9.17, 15) is 19.0 Å². The van der Waals surface area contributed by atoms with Gasteiger partial charge >= 0.3 is 19.8 Å². The van der Waals surface area contributed by atoms with Crippen LogP contribution >= 0.6 is 7.82 Å². The first-order valence-corrected chi connectivity index (χ1v) is 25.8. The Labute approximate surface area is 383 Å². The van der Waals surface area contributed by atoms with Crippen molar-refractivity contribution >= 4 is 19.8 Å². The van der Waals surface area contributed by atoms with E-state index in [4.69, 9.17) is 29.4 Å². The second-order valence-corrected chi connectivity index (χ2v) is 17.3. The van der Waals surface area contributed by atoms with Crippen LogP contribution in [0.1, 0.15) is 181 Å². The minimum absolute atomic E-state index is 0.0214. The Morgan fingerprint density at radius 2 is 0.921 bits per heavy atom. The first-order chi connectivity index (χ1) is 30.7. The van der Waals surface area contributed by atoms with Crippen LogP contribution in [0.3, 0.4) is 0 Å². The first-order valence-electron chi connectivity index (χ1n) is 24.3. The Morgan fingerprint density at radius 1 is 0.524 bits per heavy atom. The summed E-state index contributed by atoms with van der Waals surface area (Å²) in [5.41, 5.74) is 5.36. The molecule has 3 unspecified atom stereocenters. The van der Waals surface area contributed by atoms with E-state index in [0.29, 0.717) is 13.0 Å². The van der Waals surface area contributed by atoms with Crippen LogP contribution in [0.4, 0.5) is 0 Å². The summed E-state index contributed by atoms with van der Waals surface area (Å²) in [5, 5.41) is 8.92. The second-order valence-electron chi connectivity index (χ2n) is 15.9. The summed E-state index contributed by atoms with van der Waals surface area (Å²) in [6.45, 7) is 3.65. The lowest BCUT2D eigenvalue weighted by Gasteiger charge is -2.20. The van der Waals surface area contributed by atoms with Gasteiger partial charge in [0.15, 0.2) is 0 Å². The third kappa shape index (κ3) is 46.7. The fourth-order valence-corrected chi connectivity index (χ4v) is 6.91. The molecule has 360 valence electrons. The minimum atomic E-state index is -4.65. The van der Waals surface area contributed by atoms with Crippen molar-refractivity contribution in [3.05, 3.63) is 97.2 Å². The van der Waals surface area contributed by atoms with E-state index < -0.39 is 45.1 Å². The van der Waals surface area contributed by atoms with Crippen LogP contribution in [0.2, 0.25) is 0 Å². The molecule has 0 fully saturated rings. The van der Waals surface area contributed by atoms with Crippen LogP contribution in [0.5, 0.6) is 0 Å². The van der Waals surface area contributed by atoms with Crippen molar-refractivity contribution in [2.75, 3.05) is 26.4 Å². The summed E-state index contributed by atoms with van der Waals surface area (Å²) in [6, 6.07) is -1.49. The van der Waals surface area contributed by atoms with Gasteiger partial charge in [-0.2, -0.15) is 0 Å². The zero-order valence-electron chi connectivity index (χ0n) is 39.4. The van der Waals surface area contributed by atoms with E-state index in [0.717, 1.165) is 64.2 Å². The minimum Gasteiger partial charge on any atom is -0.480 e. The third-order valence-electron chi connectivity index (χ3n) is 9.86. The predicted octanol–water partition coefficient (Wildman–Crippen LogP) is 14.1. The van der Waals surface area contributed by atoms with Gasteiger partial charge in [0.1, 0.15) is 12.1 Å². The smallest absolute Gasteiger partial charge is 0.472 e. The van der Waals surface area contributed by atoms with Crippen molar-refractivity contribution in [2.45, 2.75) is 193 Å². The molecule has 0 amide bonds. The highest BCUT2D eigenvalue weighted by atomic mass is 31.2. The second kappa shape index (κ2) is 46.9. The van der Waals surface area contributed by atoms with Crippen LogP contribution in [0, 0.1) is 0 Å². The number of hydrogen-bond donors (Lipinski definition) is 3. The highest BCUT2D eigenvalue weighted by molar-refractivity contribution is 7.47. The molecule has 0 aromatic heterocycles. The maximum atomic E-state index is 12.6. The summed E-state index contributed by atoms with van der Waals surface area (Å²) in [5.74, 6) is -1.87. The lowest BCUT2D eigenvalue weighted by Crippen LogP contribution is -2.34. The number of allylic oxidation sites excluding steroid dienone is 16. The third-order valence-corrected chi connectivity index (χ3v) is 10.8. The van der Waals surface area contributed by atoms with Crippen molar-refractivity contribution < 1.29 is 42.7 Å². The SMILES string of the molecule is CC/C=C\C/C=C\C/C=C\C/C=C\C/C=C\C/C=C\CCC(=O)OC(COCCCCCCCCCCCC/C=C\C/C=C\CCCCCCC)COP(=O)(O)OCC(N)C(=O)O. The maximum absolute atomic E-state index is 12.6. The number of carbonyl (C=O) groups is 2. The molecule has 0 spiro atoms. The van der Waals surface area contributed by atoms with E-state index in [2.05, 4.69) is 98.9 Å². The van der Waals surface area contributed by atoms with Crippen LogP contribution in [0.25, 0.3) is 0 Å². The lowest BCUT2D eigenvalue weighted by molar-refractivity contribution is -0.154. The number of ether oxygens (including phenoxy) is 2. The number of esters is 1. The largest absolute Gasteiger partial charge is 0.480 e. The van der Waals surface area contributed by atoms with E-state index in [1.165, 1.54) is 89.9 Å². The lowest BCUT2D eigenvalue weighted by atomic mass is 10.1. The van der Waals surface area contributed by atoms with Gasteiger partial charge in [-0.05, 0) is 83.5 Å². The van der Waals surface area contributed by atoms with Gasteiger partial charge < -0.3 is 25.2 Å². The fourth-order valence-electron chi connectivity index (χ4n) is 6.13. The molecule has 0 aliphatic heterocycles. The number of carboxylic acid groups (broad SMARTS) is 1.